The standard InChI is InChI=1S/C15H17NO5/c1-9-6-16(7-11(9)15(18)19)14(17)5-10-2-3-12-13(4-10)21-8-20-12/h2-4,9,11H,5-8H2,1H3,(H,18,19)/t9-,11-/m1/s1. The Bertz CT molecular complexity index is 585. The van der Waals surface area contributed by atoms with Crippen molar-refractivity contribution in [2.45, 2.75) is 13.3 Å². The lowest BCUT2D eigenvalue weighted by molar-refractivity contribution is -0.142. The van der Waals surface area contributed by atoms with Gasteiger partial charge in [0, 0.05) is 13.1 Å². The monoisotopic (exact) mass is 291 g/mol. The molecule has 1 fully saturated rings. The Morgan fingerprint density at radius 2 is 2.05 bits per heavy atom. The van der Waals surface area contributed by atoms with Crippen molar-refractivity contribution in [1.29, 1.82) is 0 Å². The molecule has 1 N–H and O–H groups in total. The highest BCUT2D eigenvalue weighted by atomic mass is 16.7. The maximum Gasteiger partial charge on any atom is 0.308 e. The minimum atomic E-state index is -0.833. The quantitative estimate of drug-likeness (QED) is 0.903. The highest BCUT2D eigenvalue weighted by Crippen LogP contribution is 2.33. The smallest absolute Gasteiger partial charge is 0.308 e. The zero-order chi connectivity index (χ0) is 15.0. The fraction of sp³-hybridized carbons (Fsp3) is 0.467. The molecule has 2 aliphatic rings. The third kappa shape index (κ3) is 2.66. The lowest BCUT2D eigenvalue weighted by Gasteiger charge is -2.16. The molecule has 2 atom stereocenters. The number of carbonyl (C=O) groups excluding carboxylic acids is 1. The van der Waals surface area contributed by atoms with Crippen LogP contribution in [0.3, 0.4) is 0 Å². The SMILES string of the molecule is C[C@@H]1CN(C(=O)Cc2ccc3c(c2)OCO3)C[C@H]1C(=O)O. The number of carbonyl (C=O) groups is 2. The number of hydrogen-bond donors (Lipinski definition) is 1. The van der Waals surface area contributed by atoms with Gasteiger partial charge < -0.3 is 19.5 Å². The van der Waals surface area contributed by atoms with Gasteiger partial charge in [-0.05, 0) is 23.6 Å². The number of likely N-dealkylation sites (tertiary alicyclic amines) is 1. The van der Waals surface area contributed by atoms with Crippen LogP contribution in [-0.4, -0.2) is 41.8 Å². The van der Waals surface area contributed by atoms with E-state index in [9.17, 15) is 9.59 Å². The average molecular weight is 291 g/mol. The van der Waals surface area contributed by atoms with E-state index in [0.29, 0.717) is 24.6 Å². The van der Waals surface area contributed by atoms with E-state index in [1.807, 2.05) is 13.0 Å². The van der Waals surface area contributed by atoms with Crippen molar-refractivity contribution in [3.8, 4) is 11.5 Å². The second kappa shape index (κ2) is 5.27. The Labute approximate surface area is 122 Å². The summed E-state index contributed by atoms with van der Waals surface area (Å²) in [6.45, 7) is 2.86. The summed E-state index contributed by atoms with van der Waals surface area (Å²) in [5.74, 6) is -0.0234. The largest absolute Gasteiger partial charge is 0.481 e. The van der Waals surface area contributed by atoms with Gasteiger partial charge in [-0.1, -0.05) is 13.0 Å². The highest BCUT2D eigenvalue weighted by Gasteiger charge is 2.36. The highest BCUT2D eigenvalue weighted by molar-refractivity contribution is 5.81. The van der Waals surface area contributed by atoms with Crippen LogP contribution < -0.4 is 9.47 Å². The molecule has 1 saturated heterocycles. The summed E-state index contributed by atoms with van der Waals surface area (Å²) in [4.78, 5) is 25.0. The lowest BCUT2D eigenvalue weighted by Crippen LogP contribution is -2.31. The molecular weight excluding hydrogens is 274 g/mol. The van der Waals surface area contributed by atoms with Crippen molar-refractivity contribution >= 4 is 11.9 Å². The molecule has 0 radical (unpaired) electrons. The molecule has 1 aromatic carbocycles. The van der Waals surface area contributed by atoms with Gasteiger partial charge in [-0.25, -0.2) is 0 Å². The summed E-state index contributed by atoms with van der Waals surface area (Å²) >= 11 is 0. The van der Waals surface area contributed by atoms with Crippen LogP contribution in [0.1, 0.15) is 12.5 Å². The van der Waals surface area contributed by atoms with Crippen LogP contribution in [0.5, 0.6) is 11.5 Å². The van der Waals surface area contributed by atoms with E-state index in [0.717, 1.165) is 5.56 Å². The van der Waals surface area contributed by atoms with Crippen LogP contribution in [0, 0.1) is 11.8 Å². The molecule has 1 amide bonds. The Hall–Kier alpha value is -2.24. The third-order valence-corrected chi connectivity index (χ3v) is 4.07. The van der Waals surface area contributed by atoms with Crippen molar-refractivity contribution in [2.24, 2.45) is 11.8 Å². The van der Waals surface area contributed by atoms with E-state index in [-0.39, 0.29) is 25.0 Å². The van der Waals surface area contributed by atoms with E-state index >= 15 is 0 Å². The fourth-order valence-electron chi connectivity index (χ4n) is 2.83. The first-order valence-corrected chi connectivity index (χ1v) is 6.93. The van der Waals surface area contributed by atoms with Crippen molar-refractivity contribution in [1.82, 2.24) is 4.90 Å². The minimum absolute atomic E-state index is 0.0109. The van der Waals surface area contributed by atoms with Crippen molar-refractivity contribution in [3.63, 3.8) is 0 Å². The Kier molecular flexibility index (Phi) is 3.45. The van der Waals surface area contributed by atoms with Crippen LogP contribution in [-0.2, 0) is 16.0 Å². The van der Waals surface area contributed by atoms with Gasteiger partial charge in [0.2, 0.25) is 12.7 Å². The molecule has 3 rings (SSSR count). The van der Waals surface area contributed by atoms with Gasteiger partial charge in [-0.3, -0.25) is 9.59 Å². The first-order valence-electron chi connectivity index (χ1n) is 6.93. The third-order valence-electron chi connectivity index (χ3n) is 4.07. The molecule has 0 bridgehead atoms. The van der Waals surface area contributed by atoms with Gasteiger partial charge in [0.05, 0.1) is 12.3 Å². The number of fused-ring (bicyclic) bond motifs is 1. The zero-order valence-corrected chi connectivity index (χ0v) is 11.7. The summed E-state index contributed by atoms with van der Waals surface area (Å²) < 4.78 is 10.5. The maximum absolute atomic E-state index is 12.3. The van der Waals surface area contributed by atoms with Crippen LogP contribution in [0.4, 0.5) is 0 Å². The topological polar surface area (TPSA) is 76.1 Å². The molecular formula is C15H17NO5. The molecule has 0 spiro atoms. The van der Waals surface area contributed by atoms with Crippen molar-refractivity contribution < 1.29 is 24.2 Å². The molecule has 21 heavy (non-hydrogen) atoms. The number of ether oxygens (including phenoxy) is 2. The first kappa shape index (κ1) is 13.7. The van der Waals surface area contributed by atoms with Gasteiger partial charge >= 0.3 is 5.97 Å². The molecule has 2 heterocycles. The lowest BCUT2D eigenvalue weighted by atomic mass is 9.99. The van der Waals surface area contributed by atoms with Crippen molar-refractivity contribution in [3.05, 3.63) is 23.8 Å². The van der Waals surface area contributed by atoms with E-state index in [4.69, 9.17) is 14.6 Å². The maximum atomic E-state index is 12.3. The summed E-state index contributed by atoms with van der Waals surface area (Å²) in [7, 11) is 0. The van der Waals surface area contributed by atoms with Crippen LogP contribution in [0.15, 0.2) is 18.2 Å². The molecule has 2 aliphatic heterocycles. The molecule has 6 heteroatoms. The molecule has 112 valence electrons. The van der Waals surface area contributed by atoms with E-state index in [1.165, 1.54) is 0 Å². The number of carboxylic acids is 1. The molecule has 6 nitrogen and oxygen atoms in total. The molecule has 0 saturated carbocycles. The summed E-state index contributed by atoms with van der Waals surface area (Å²) in [5, 5.41) is 9.11. The molecule has 0 aromatic heterocycles. The van der Waals surface area contributed by atoms with Gasteiger partial charge in [-0.2, -0.15) is 0 Å². The number of amides is 1. The number of rotatable bonds is 3. The Morgan fingerprint density at radius 3 is 2.76 bits per heavy atom. The average Bonchev–Trinajstić information content (AvgIpc) is 3.04. The summed E-state index contributed by atoms with van der Waals surface area (Å²) in [6.07, 6.45) is 0.246. The number of benzene rings is 1. The van der Waals surface area contributed by atoms with Gasteiger partial charge in [0.1, 0.15) is 0 Å². The van der Waals surface area contributed by atoms with Crippen molar-refractivity contribution in [2.75, 3.05) is 19.9 Å². The summed E-state index contributed by atoms with van der Waals surface area (Å²) in [5.41, 5.74) is 0.843. The van der Waals surface area contributed by atoms with Crippen LogP contribution in [0.25, 0.3) is 0 Å². The summed E-state index contributed by atoms with van der Waals surface area (Å²) in [6, 6.07) is 5.42. The fourth-order valence-corrected chi connectivity index (χ4v) is 2.83. The van der Waals surface area contributed by atoms with Gasteiger partial charge in [-0.15, -0.1) is 0 Å². The van der Waals surface area contributed by atoms with E-state index in [2.05, 4.69) is 0 Å². The minimum Gasteiger partial charge on any atom is -0.481 e. The Balaban J connectivity index is 1.66. The normalized spacial score (nSPS) is 23.4. The second-order valence-corrected chi connectivity index (χ2v) is 5.59. The van der Waals surface area contributed by atoms with E-state index < -0.39 is 11.9 Å². The van der Waals surface area contributed by atoms with Gasteiger partial charge in [0.25, 0.3) is 0 Å². The molecule has 0 unspecified atom stereocenters. The second-order valence-electron chi connectivity index (χ2n) is 5.59. The predicted octanol–water partition coefficient (Wildman–Crippen LogP) is 1.14. The Morgan fingerprint density at radius 1 is 1.29 bits per heavy atom. The van der Waals surface area contributed by atoms with Crippen LogP contribution in [0.2, 0.25) is 0 Å². The number of carboxylic acid groups (broad SMARTS) is 1. The van der Waals surface area contributed by atoms with Crippen LogP contribution >= 0.6 is 0 Å². The first-order chi connectivity index (χ1) is 10.0. The molecule has 0 aliphatic carbocycles. The predicted molar refractivity (Wildman–Crippen MR) is 73.1 cm³/mol. The number of nitrogens with zero attached hydrogens (tertiary/aromatic N) is 1. The van der Waals surface area contributed by atoms with E-state index in [1.54, 1.807) is 17.0 Å². The number of aliphatic carboxylic acids is 1. The van der Waals surface area contributed by atoms with Gasteiger partial charge in [0.15, 0.2) is 11.5 Å². The zero-order valence-electron chi connectivity index (χ0n) is 11.7. The molecule has 1 aromatic rings. The number of hydrogen-bond acceptors (Lipinski definition) is 4.